The Morgan fingerprint density at radius 2 is 1.80 bits per heavy atom. The first-order valence-electron chi connectivity index (χ1n) is 10.8. The monoisotopic (exact) mass is 498 g/mol. The third-order valence-corrected chi connectivity index (χ3v) is 5.44. The Bertz CT molecular complexity index is 1090. The van der Waals surface area contributed by atoms with Gasteiger partial charge in [-0.05, 0) is 45.4 Å². The van der Waals surface area contributed by atoms with Gasteiger partial charge in [0.1, 0.15) is 17.5 Å². The van der Waals surface area contributed by atoms with Crippen LogP contribution in [-0.4, -0.2) is 55.8 Å². The van der Waals surface area contributed by atoms with Gasteiger partial charge in [-0.2, -0.15) is 13.2 Å². The second kappa shape index (κ2) is 9.76. The molecule has 3 rings (SSSR count). The fraction of sp³-hybridized carbons (Fsp3) is 0.478. The van der Waals surface area contributed by atoms with Gasteiger partial charge >= 0.3 is 12.3 Å². The minimum atomic E-state index is -4.69. The van der Waals surface area contributed by atoms with Crippen LogP contribution in [0, 0.1) is 5.82 Å². The minimum absolute atomic E-state index is 0.0162. The van der Waals surface area contributed by atoms with Gasteiger partial charge in [-0.3, -0.25) is 9.69 Å². The number of amides is 2. The van der Waals surface area contributed by atoms with Crippen molar-refractivity contribution in [1.29, 1.82) is 0 Å². The Hall–Kier alpha value is -3.28. The summed E-state index contributed by atoms with van der Waals surface area (Å²) >= 11 is 0. The summed E-state index contributed by atoms with van der Waals surface area (Å²) in [7, 11) is 0. The largest absolute Gasteiger partial charge is 0.451 e. The molecule has 1 aliphatic heterocycles. The van der Waals surface area contributed by atoms with Crippen LogP contribution in [0.5, 0.6) is 0 Å². The number of nitrogens with zero attached hydrogens (tertiary/aromatic N) is 3. The molecule has 0 bridgehead atoms. The van der Waals surface area contributed by atoms with Gasteiger partial charge in [-0.15, -0.1) is 0 Å². The van der Waals surface area contributed by atoms with Crippen molar-refractivity contribution in [2.45, 2.75) is 70.6 Å². The fourth-order valence-electron chi connectivity index (χ4n) is 3.66. The number of benzene rings is 1. The number of hydrogen-bond donors (Lipinski definition) is 2. The highest BCUT2D eigenvalue weighted by molar-refractivity contribution is 5.86. The lowest BCUT2D eigenvalue weighted by Crippen LogP contribution is -2.50. The summed E-state index contributed by atoms with van der Waals surface area (Å²) in [6, 6.07) is 2.14. The van der Waals surface area contributed by atoms with Crippen LogP contribution in [-0.2, 0) is 22.3 Å². The molecule has 3 atom stereocenters. The Balaban J connectivity index is 1.74. The van der Waals surface area contributed by atoms with Crippen molar-refractivity contribution in [2.75, 3.05) is 0 Å². The molecular formula is C23H26F4N4O4. The topological polar surface area (TPSA) is 105 Å². The number of rotatable bonds is 4. The SMILES string of the molecule is C[C@H]1C(O)CC(C(=O)NCc2cc(-c3cnc(C(F)(F)F)nc3)ccc2F)N1C(=O)OC(C)(C)C. The van der Waals surface area contributed by atoms with Gasteiger partial charge in [0, 0.05) is 36.5 Å². The highest BCUT2D eigenvalue weighted by Gasteiger charge is 2.45. The van der Waals surface area contributed by atoms with Gasteiger partial charge in [-0.25, -0.2) is 19.2 Å². The summed E-state index contributed by atoms with van der Waals surface area (Å²) in [5.41, 5.74) is -0.165. The number of likely N-dealkylation sites (tertiary alicyclic amines) is 1. The van der Waals surface area contributed by atoms with E-state index in [2.05, 4.69) is 15.3 Å². The Morgan fingerprint density at radius 3 is 2.37 bits per heavy atom. The van der Waals surface area contributed by atoms with Crippen LogP contribution in [0.25, 0.3) is 11.1 Å². The number of aliphatic hydroxyl groups is 1. The molecular weight excluding hydrogens is 472 g/mol. The van der Waals surface area contributed by atoms with E-state index in [-0.39, 0.29) is 24.1 Å². The van der Waals surface area contributed by atoms with E-state index in [0.717, 1.165) is 23.4 Å². The van der Waals surface area contributed by atoms with Crippen LogP contribution >= 0.6 is 0 Å². The van der Waals surface area contributed by atoms with Crippen LogP contribution in [0.3, 0.4) is 0 Å². The summed E-state index contributed by atoms with van der Waals surface area (Å²) in [6.07, 6.45) is -4.45. The third kappa shape index (κ3) is 6.24. The molecule has 0 saturated carbocycles. The lowest BCUT2D eigenvalue weighted by molar-refractivity contribution is -0.145. The van der Waals surface area contributed by atoms with Crippen LogP contribution in [0.2, 0.25) is 0 Å². The Labute approximate surface area is 199 Å². The molecule has 2 N–H and O–H groups in total. The van der Waals surface area contributed by atoms with Crippen LogP contribution in [0.4, 0.5) is 22.4 Å². The minimum Gasteiger partial charge on any atom is -0.444 e. The van der Waals surface area contributed by atoms with Crippen molar-refractivity contribution >= 4 is 12.0 Å². The lowest BCUT2D eigenvalue weighted by atomic mass is 10.0. The molecule has 1 aromatic carbocycles. The molecule has 0 spiro atoms. The molecule has 2 amide bonds. The van der Waals surface area contributed by atoms with Gasteiger partial charge in [0.15, 0.2) is 0 Å². The number of hydrogen-bond acceptors (Lipinski definition) is 6. The van der Waals surface area contributed by atoms with Crippen molar-refractivity contribution in [1.82, 2.24) is 20.2 Å². The second-order valence-corrected chi connectivity index (χ2v) is 9.26. The number of ether oxygens (including phenoxy) is 1. The highest BCUT2D eigenvalue weighted by Crippen LogP contribution is 2.29. The molecule has 1 aromatic heterocycles. The van der Waals surface area contributed by atoms with Crippen molar-refractivity contribution in [3.8, 4) is 11.1 Å². The Morgan fingerprint density at radius 1 is 1.17 bits per heavy atom. The van der Waals surface area contributed by atoms with Crippen molar-refractivity contribution < 1.29 is 37.0 Å². The predicted octanol–water partition coefficient (Wildman–Crippen LogP) is 3.68. The van der Waals surface area contributed by atoms with E-state index >= 15 is 0 Å². The zero-order chi connectivity index (χ0) is 26.1. The number of halogens is 4. The highest BCUT2D eigenvalue weighted by atomic mass is 19.4. The van der Waals surface area contributed by atoms with Crippen molar-refractivity contribution in [2.24, 2.45) is 0 Å². The summed E-state index contributed by atoms with van der Waals surface area (Å²) < 4.78 is 57.8. The summed E-state index contributed by atoms with van der Waals surface area (Å²) in [5, 5.41) is 12.8. The molecule has 12 heteroatoms. The van der Waals surface area contributed by atoms with Gasteiger partial charge in [0.25, 0.3) is 0 Å². The first-order chi connectivity index (χ1) is 16.2. The lowest BCUT2D eigenvalue weighted by Gasteiger charge is -2.30. The van der Waals surface area contributed by atoms with Gasteiger partial charge in [-0.1, -0.05) is 6.07 Å². The number of carbonyl (C=O) groups excluding carboxylic acids is 2. The van der Waals surface area contributed by atoms with Crippen molar-refractivity contribution in [3.63, 3.8) is 0 Å². The zero-order valence-corrected chi connectivity index (χ0v) is 19.6. The molecule has 2 unspecified atom stereocenters. The number of aromatic nitrogens is 2. The normalized spacial score (nSPS) is 20.6. The standard InChI is InChI=1S/C23H26F4N4O4/c1-12-18(32)8-17(31(12)21(34)35-22(2,3)4)19(33)28-9-14-7-13(5-6-16(14)24)15-10-29-20(30-11-15)23(25,26)27/h5-7,10-12,17-18,32H,8-9H2,1-4H3,(H,28,33)/t12-,17?,18?/m0/s1. The average molecular weight is 498 g/mol. The maximum absolute atomic E-state index is 14.4. The molecule has 190 valence electrons. The fourth-order valence-corrected chi connectivity index (χ4v) is 3.66. The van der Waals surface area contributed by atoms with E-state index in [4.69, 9.17) is 4.74 Å². The van der Waals surface area contributed by atoms with Crippen LogP contribution in [0.15, 0.2) is 30.6 Å². The molecule has 8 nitrogen and oxygen atoms in total. The maximum atomic E-state index is 14.4. The quantitative estimate of drug-likeness (QED) is 0.624. The van der Waals surface area contributed by atoms with E-state index in [0.29, 0.717) is 5.56 Å². The van der Waals surface area contributed by atoms with Crippen molar-refractivity contribution in [3.05, 3.63) is 47.8 Å². The van der Waals surface area contributed by atoms with E-state index in [1.807, 2.05) is 0 Å². The van der Waals surface area contributed by atoms with E-state index in [1.54, 1.807) is 27.7 Å². The van der Waals surface area contributed by atoms with E-state index in [9.17, 15) is 32.3 Å². The average Bonchev–Trinajstić information content (AvgIpc) is 3.06. The first-order valence-corrected chi connectivity index (χ1v) is 10.8. The predicted molar refractivity (Wildman–Crippen MR) is 116 cm³/mol. The zero-order valence-electron chi connectivity index (χ0n) is 19.6. The van der Waals surface area contributed by atoms with Gasteiger partial charge in [0.05, 0.1) is 12.1 Å². The smallest absolute Gasteiger partial charge is 0.444 e. The summed E-state index contributed by atoms with van der Waals surface area (Å²) in [6.45, 7) is 6.36. The molecule has 0 aliphatic carbocycles. The number of alkyl halides is 3. The molecule has 1 fully saturated rings. The molecule has 1 aliphatic rings. The maximum Gasteiger partial charge on any atom is 0.451 e. The molecule has 35 heavy (non-hydrogen) atoms. The molecule has 2 aromatic rings. The van der Waals surface area contributed by atoms with Gasteiger partial charge in [0.2, 0.25) is 11.7 Å². The third-order valence-electron chi connectivity index (χ3n) is 5.44. The molecule has 0 radical (unpaired) electrons. The number of aliphatic hydroxyl groups excluding tert-OH is 1. The van der Waals surface area contributed by atoms with Crippen LogP contribution < -0.4 is 5.32 Å². The van der Waals surface area contributed by atoms with E-state index < -0.39 is 53.6 Å². The van der Waals surface area contributed by atoms with Gasteiger partial charge < -0.3 is 15.2 Å². The number of nitrogens with one attached hydrogen (secondary N) is 1. The van der Waals surface area contributed by atoms with Crippen LogP contribution in [0.1, 0.15) is 45.5 Å². The first kappa shape index (κ1) is 26.3. The van der Waals surface area contributed by atoms with E-state index in [1.165, 1.54) is 12.1 Å². The summed E-state index contributed by atoms with van der Waals surface area (Å²) in [4.78, 5) is 33.2. The summed E-state index contributed by atoms with van der Waals surface area (Å²) in [5.74, 6) is -2.55. The second-order valence-electron chi connectivity index (χ2n) is 9.26. The Kier molecular flexibility index (Phi) is 7.34. The molecule has 2 heterocycles. The number of carbonyl (C=O) groups is 2. The molecule has 1 saturated heterocycles.